The van der Waals surface area contributed by atoms with Crippen LogP contribution >= 0.6 is 11.6 Å². The third-order valence-electron chi connectivity index (χ3n) is 4.77. The van der Waals surface area contributed by atoms with E-state index in [2.05, 4.69) is 37.2 Å². The van der Waals surface area contributed by atoms with Crippen molar-refractivity contribution in [2.75, 3.05) is 5.32 Å². The topological polar surface area (TPSA) is 76.0 Å². The van der Waals surface area contributed by atoms with Crippen molar-refractivity contribution in [2.45, 2.75) is 52.0 Å². The zero-order chi connectivity index (χ0) is 18.1. The first-order chi connectivity index (χ1) is 12.6. The van der Waals surface area contributed by atoms with E-state index in [-0.39, 0.29) is 0 Å². The minimum Gasteiger partial charge on any atom is -0.352 e. The molecule has 6 nitrogen and oxygen atoms in total. The molecule has 1 N–H and O–H groups in total. The number of anilines is 1. The van der Waals surface area contributed by atoms with E-state index < -0.39 is 0 Å². The first kappa shape index (κ1) is 17.3. The van der Waals surface area contributed by atoms with Crippen LogP contribution in [-0.4, -0.2) is 31.7 Å². The van der Waals surface area contributed by atoms with Gasteiger partial charge in [0.25, 0.3) is 5.95 Å². The Morgan fingerprint density at radius 3 is 2.69 bits per heavy atom. The zero-order valence-corrected chi connectivity index (χ0v) is 15.9. The fourth-order valence-corrected chi connectivity index (χ4v) is 3.17. The van der Waals surface area contributed by atoms with Gasteiger partial charge in [0.1, 0.15) is 10.8 Å². The number of aliphatic imine (C=N–C) groups is 1. The molecule has 0 spiro atoms. The molecule has 2 fully saturated rings. The molecule has 2 aromatic rings. The van der Waals surface area contributed by atoms with Crippen LogP contribution in [0.4, 0.5) is 11.9 Å². The van der Waals surface area contributed by atoms with Gasteiger partial charge in [-0.15, -0.1) is 0 Å². The second kappa shape index (κ2) is 7.27. The van der Waals surface area contributed by atoms with Crippen LogP contribution < -0.4 is 5.32 Å². The Kier molecular flexibility index (Phi) is 4.85. The van der Waals surface area contributed by atoms with E-state index in [1.165, 1.54) is 25.7 Å². The van der Waals surface area contributed by atoms with Crippen molar-refractivity contribution in [1.29, 1.82) is 0 Å². The maximum atomic E-state index is 6.03. The molecule has 2 aliphatic rings. The van der Waals surface area contributed by atoms with Gasteiger partial charge in [0.15, 0.2) is 5.82 Å². The molecular weight excluding hydrogens is 348 g/mol. The second-order valence-electron chi connectivity index (χ2n) is 7.38. The van der Waals surface area contributed by atoms with Crippen LogP contribution in [-0.2, 0) is 0 Å². The van der Waals surface area contributed by atoms with Crippen LogP contribution in [0.25, 0.3) is 11.5 Å². The number of aromatic nitrogens is 4. The van der Waals surface area contributed by atoms with Gasteiger partial charge in [-0.3, -0.25) is 0 Å². The number of pyridine rings is 1. The Morgan fingerprint density at radius 1 is 1.19 bits per heavy atom. The summed E-state index contributed by atoms with van der Waals surface area (Å²) < 4.78 is 0. The van der Waals surface area contributed by atoms with Gasteiger partial charge in [-0.25, -0.2) is 9.98 Å². The molecule has 136 valence electrons. The summed E-state index contributed by atoms with van der Waals surface area (Å²) >= 11 is 6.03. The molecule has 2 aromatic heterocycles. The highest BCUT2D eigenvalue weighted by atomic mass is 35.5. The van der Waals surface area contributed by atoms with Crippen LogP contribution in [0.2, 0.25) is 5.15 Å². The average Bonchev–Trinajstić information content (AvgIpc) is 3.48. The number of nitrogens with one attached hydrogen (secondary N) is 1. The lowest BCUT2D eigenvalue weighted by Crippen LogP contribution is -2.18. The highest BCUT2D eigenvalue weighted by molar-refractivity contribution is 6.29. The molecule has 0 radical (unpaired) electrons. The van der Waals surface area contributed by atoms with Gasteiger partial charge in [-0.2, -0.15) is 15.0 Å². The third kappa shape index (κ3) is 4.55. The van der Waals surface area contributed by atoms with Crippen molar-refractivity contribution in [3.8, 4) is 11.5 Å². The lowest BCUT2D eigenvalue weighted by atomic mass is 10.2. The van der Waals surface area contributed by atoms with Gasteiger partial charge in [-0.1, -0.05) is 30.5 Å². The Hall–Kier alpha value is -2.08. The lowest BCUT2D eigenvalue weighted by Gasteiger charge is -2.14. The molecule has 1 atom stereocenters. The lowest BCUT2D eigenvalue weighted by molar-refractivity contribution is 0.637. The smallest absolute Gasteiger partial charge is 0.254 e. The number of nitrogens with zero attached hydrogens (tertiary/aromatic N) is 5. The van der Waals surface area contributed by atoms with Crippen LogP contribution in [0.15, 0.2) is 23.2 Å². The summed E-state index contributed by atoms with van der Waals surface area (Å²) in [6.45, 7) is 4.21. The summed E-state index contributed by atoms with van der Waals surface area (Å²) in [4.78, 5) is 22.5. The van der Waals surface area contributed by atoms with Crippen molar-refractivity contribution < 1.29 is 0 Å². The Balaban J connectivity index is 1.65. The molecule has 0 aromatic carbocycles. The molecule has 0 bridgehead atoms. The van der Waals surface area contributed by atoms with E-state index in [1.54, 1.807) is 6.07 Å². The van der Waals surface area contributed by atoms with E-state index >= 15 is 0 Å². The summed E-state index contributed by atoms with van der Waals surface area (Å²) in [5.41, 5.74) is 1.71. The van der Waals surface area contributed by atoms with E-state index in [0.717, 1.165) is 18.1 Å². The highest BCUT2D eigenvalue weighted by Gasteiger charge is 2.25. The molecule has 26 heavy (non-hydrogen) atoms. The number of halogens is 1. The van der Waals surface area contributed by atoms with Crippen LogP contribution in [0.1, 0.15) is 46.0 Å². The van der Waals surface area contributed by atoms with Gasteiger partial charge in [0, 0.05) is 11.8 Å². The molecular formula is C19H23ClN6. The summed E-state index contributed by atoms with van der Waals surface area (Å²) in [5, 5.41) is 3.82. The van der Waals surface area contributed by atoms with Crippen molar-refractivity contribution in [1.82, 2.24) is 19.9 Å². The molecule has 2 saturated carbocycles. The van der Waals surface area contributed by atoms with Gasteiger partial charge in [0.05, 0.1) is 0 Å². The molecule has 0 amide bonds. The van der Waals surface area contributed by atoms with Gasteiger partial charge in [0.2, 0.25) is 5.95 Å². The normalized spacial score (nSPS) is 18.7. The largest absolute Gasteiger partial charge is 0.352 e. The van der Waals surface area contributed by atoms with E-state index in [1.807, 2.05) is 19.1 Å². The predicted molar refractivity (Wildman–Crippen MR) is 104 cm³/mol. The molecule has 4 rings (SSSR count). The maximum Gasteiger partial charge on any atom is 0.254 e. The SMILES string of the molecule is CC(=Nc1nc(N[C@H](C)CC2CC2)nc(-c2cccc(Cl)n2)n1)C1CC1. The summed E-state index contributed by atoms with van der Waals surface area (Å²) in [6.07, 6.45) is 6.20. The average molecular weight is 371 g/mol. The third-order valence-corrected chi connectivity index (χ3v) is 4.98. The molecule has 0 unspecified atom stereocenters. The molecule has 2 heterocycles. The van der Waals surface area contributed by atoms with Crippen molar-refractivity contribution in [3.05, 3.63) is 23.4 Å². The van der Waals surface area contributed by atoms with Crippen LogP contribution in [0, 0.1) is 11.8 Å². The van der Waals surface area contributed by atoms with Gasteiger partial charge < -0.3 is 5.32 Å². The van der Waals surface area contributed by atoms with Gasteiger partial charge in [-0.05, 0) is 57.1 Å². The number of hydrogen-bond donors (Lipinski definition) is 1. The minimum absolute atomic E-state index is 0.312. The second-order valence-corrected chi connectivity index (χ2v) is 7.77. The maximum absolute atomic E-state index is 6.03. The first-order valence-electron chi connectivity index (χ1n) is 9.27. The van der Waals surface area contributed by atoms with E-state index in [4.69, 9.17) is 11.6 Å². The van der Waals surface area contributed by atoms with E-state index in [0.29, 0.717) is 40.5 Å². The zero-order valence-electron chi connectivity index (χ0n) is 15.1. The first-order valence-corrected chi connectivity index (χ1v) is 9.65. The molecule has 7 heteroatoms. The van der Waals surface area contributed by atoms with Crippen molar-refractivity contribution in [2.24, 2.45) is 16.8 Å². The monoisotopic (exact) mass is 370 g/mol. The number of rotatable bonds is 7. The fraction of sp³-hybridized carbons (Fsp3) is 0.526. The summed E-state index contributed by atoms with van der Waals surface area (Å²) in [6, 6.07) is 5.74. The minimum atomic E-state index is 0.312. The molecule has 0 aliphatic heterocycles. The molecule has 2 aliphatic carbocycles. The summed E-state index contributed by atoms with van der Waals surface area (Å²) in [5.74, 6) is 2.88. The van der Waals surface area contributed by atoms with Crippen molar-refractivity contribution >= 4 is 29.2 Å². The predicted octanol–water partition coefficient (Wildman–Crippen LogP) is 4.69. The van der Waals surface area contributed by atoms with Crippen LogP contribution in [0.3, 0.4) is 0 Å². The highest BCUT2D eigenvalue weighted by Crippen LogP contribution is 2.34. The Labute approximate surface area is 158 Å². The standard InChI is InChI=1S/C19H23ClN6/c1-11(10-13-6-7-13)21-18-24-17(15-4-3-5-16(20)23-15)25-19(26-18)22-12(2)14-8-9-14/h3-5,11,13-14H,6-10H2,1-2H3,(H,21,24,25,26)/t11-/m1/s1. The Morgan fingerprint density at radius 2 is 2.00 bits per heavy atom. The molecule has 0 saturated heterocycles. The number of hydrogen-bond acceptors (Lipinski definition) is 6. The van der Waals surface area contributed by atoms with Crippen molar-refractivity contribution in [3.63, 3.8) is 0 Å². The quantitative estimate of drug-likeness (QED) is 0.565. The summed E-state index contributed by atoms with van der Waals surface area (Å²) in [7, 11) is 0. The van der Waals surface area contributed by atoms with E-state index in [9.17, 15) is 0 Å². The van der Waals surface area contributed by atoms with Gasteiger partial charge >= 0.3 is 0 Å². The Bertz CT molecular complexity index is 829. The van der Waals surface area contributed by atoms with Crippen LogP contribution in [0.5, 0.6) is 0 Å². The fourth-order valence-electron chi connectivity index (χ4n) is 3.01.